The van der Waals surface area contributed by atoms with Crippen LogP contribution in [0.2, 0.25) is 0 Å². The fourth-order valence-electron chi connectivity index (χ4n) is 4.30. The summed E-state index contributed by atoms with van der Waals surface area (Å²) in [4.78, 5) is 27.4. The quantitative estimate of drug-likeness (QED) is 0.438. The molecular weight excluding hydrogens is 432 g/mol. The lowest BCUT2D eigenvalue weighted by Gasteiger charge is -2.22. The van der Waals surface area contributed by atoms with Crippen LogP contribution in [0.15, 0.2) is 48.1 Å². The second-order valence-corrected chi connectivity index (χ2v) is 9.66. The highest BCUT2D eigenvalue weighted by Crippen LogP contribution is 2.28. The number of thiazole rings is 1. The number of rotatable bonds is 4. The SMILES string of the molecule is Cc1ccc(-c2cc(C(=O)N3CCCN(c4nccs4)CC3)c3cnn(C(C)C)c3n2)cc1. The van der Waals surface area contributed by atoms with E-state index in [1.807, 2.05) is 27.2 Å². The van der Waals surface area contributed by atoms with Crippen molar-refractivity contribution in [3.8, 4) is 11.3 Å². The van der Waals surface area contributed by atoms with Crippen LogP contribution in [0.5, 0.6) is 0 Å². The van der Waals surface area contributed by atoms with E-state index in [9.17, 15) is 4.79 Å². The zero-order chi connectivity index (χ0) is 22.9. The summed E-state index contributed by atoms with van der Waals surface area (Å²) in [7, 11) is 0. The number of nitrogens with zero attached hydrogens (tertiary/aromatic N) is 6. The van der Waals surface area contributed by atoms with Crippen LogP contribution in [0.1, 0.15) is 42.2 Å². The average molecular weight is 461 g/mol. The molecule has 0 saturated carbocycles. The Hall–Kier alpha value is -3.26. The smallest absolute Gasteiger partial charge is 0.254 e. The molecule has 0 bridgehead atoms. The van der Waals surface area contributed by atoms with Crippen LogP contribution >= 0.6 is 11.3 Å². The molecule has 1 amide bonds. The average Bonchev–Trinajstić information content (AvgIpc) is 3.44. The van der Waals surface area contributed by atoms with Gasteiger partial charge in [-0.1, -0.05) is 29.8 Å². The molecular formula is C25H28N6OS. The van der Waals surface area contributed by atoms with Crippen molar-refractivity contribution in [3.63, 3.8) is 0 Å². The molecule has 1 fully saturated rings. The third kappa shape index (κ3) is 4.23. The van der Waals surface area contributed by atoms with Gasteiger partial charge in [0.05, 0.1) is 22.8 Å². The molecule has 3 aromatic heterocycles. The molecule has 0 unspecified atom stereocenters. The number of carbonyl (C=O) groups excluding carboxylic acids is 1. The second-order valence-electron chi connectivity index (χ2n) is 8.79. The van der Waals surface area contributed by atoms with Crippen LogP contribution < -0.4 is 4.90 Å². The summed E-state index contributed by atoms with van der Waals surface area (Å²) >= 11 is 1.64. The molecule has 4 heterocycles. The Morgan fingerprint density at radius 1 is 1.09 bits per heavy atom. The minimum Gasteiger partial charge on any atom is -0.346 e. The normalized spacial score (nSPS) is 14.8. The molecule has 0 spiro atoms. The highest BCUT2D eigenvalue weighted by Gasteiger charge is 2.25. The molecule has 0 atom stereocenters. The van der Waals surface area contributed by atoms with Gasteiger partial charge in [0.1, 0.15) is 0 Å². The lowest BCUT2D eigenvalue weighted by Crippen LogP contribution is -2.35. The van der Waals surface area contributed by atoms with Crippen LogP contribution in [-0.2, 0) is 0 Å². The zero-order valence-corrected chi connectivity index (χ0v) is 20.0. The molecule has 0 aliphatic carbocycles. The first kappa shape index (κ1) is 21.6. The highest BCUT2D eigenvalue weighted by atomic mass is 32.1. The predicted molar refractivity (Wildman–Crippen MR) is 133 cm³/mol. The van der Waals surface area contributed by atoms with Gasteiger partial charge in [0.25, 0.3) is 5.91 Å². The molecule has 1 saturated heterocycles. The molecule has 4 aromatic rings. The Morgan fingerprint density at radius 2 is 1.91 bits per heavy atom. The van der Waals surface area contributed by atoms with Crippen molar-refractivity contribution in [2.24, 2.45) is 0 Å². The summed E-state index contributed by atoms with van der Waals surface area (Å²) in [6.45, 7) is 9.31. The van der Waals surface area contributed by atoms with Crippen molar-refractivity contribution in [1.82, 2.24) is 24.6 Å². The third-order valence-electron chi connectivity index (χ3n) is 6.11. The Morgan fingerprint density at radius 3 is 2.64 bits per heavy atom. The van der Waals surface area contributed by atoms with Gasteiger partial charge in [-0.25, -0.2) is 14.6 Å². The summed E-state index contributed by atoms with van der Waals surface area (Å²) in [5.41, 5.74) is 4.42. The van der Waals surface area contributed by atoms with E-state index in [1.165, 1.54) is 5.56 Å². The number of fused-ring (bicyclic) bond motifs is 1. The summed E-state index contributed by atoms with van der Waals surface area (Å²) in [6.07, 6.45) is 4.53. The van der Waals surface area contributed by atoms with E-state index in [0.717, 1.165) is 53.5 Å². The first-order valence-electron chi connectivity index (χ1n) is 11.4. The number of hydrogen-bond donors (Lipinski definition) is 0. The molecule has 8 heteroatoms. The van der Waals surface area contributed by atoms with E-state index in [4.69, 9.17) is 4.98 Å². The van der Waals surface area contributed by atoms with Gasteiger partial charge < -0.3 is 9.80 Å². The van der Waals surface area contributed by atoms with Gasteiger partial charge in [-0.05, 0) is 33.3 Å². The Balaban J connectivity index is 1.52. The third-order valence-corrected chi connectivity index (χ3v) is 6.94. The van der Waals surface area contributed by atoms with Crippen LogP contribution in [-0.4, -0.2) is 56.7 Å². The molecule has 5 rings (SSSR count). The van der Waals surface area contributed by atoms with Crippen molar-refractivity contribution in [2.75, 3.05) is 31.1 Å². The monoisotopic (exact) mass is 460 g/mol. The molecule has 33 heavy (non-hydrogen) atoms. The molecule has 1 aromatic carbocycles. The maximum Gasteiger partial charge on any atom is 0.254 e. The predicted octanol–water partition coefficient (Wildman–Crippen LogP) is 4.80. The van der Waals surface area contributed by atoms with Gasteiger partial charge in [0.2, 0.25) is 0 Å². The minimum absolute atomic E-state index is 0.0417. The van der Waals surface area contributed by atoms with E-state index >= 15 is 0 Å². The van der Waals surface area contributed by atoms with Crippen molar-refractivity contribution < 1.29 is 4.79 Å². The first-order valence-corrected chi connectivity index (χ1v) is 12.3. The maximum atomic E-state index is 13.8. The van der Waals surface area contributed by atoms with Gasteiger partial charge in [0.15, 0.2) is 10.8 Å². The molecule has 0 radical (unpaired) electrons. The van der Waals surface area contributed by atoms with E-state index < -0.39 is 0 Å². The Kier molecular flexibility index (Phi) is 5.85. The summed E-state index contributed by atoms with van der Waals surface area (Å²) in [5, 5.41) is 8.39. The number of hydrogen-bond acceptors (Lipinski definition) is 6. The van der Waals surface area contributed by atoms with Gasteiger partial charge in [0, 0.05) is 49.4 Å². The fraction of sp³-hybridized carbons (Fsp3) is 0.360. The van der Waals surface area contributed by atoms with E-state index in [0.29, 0.717) is 12.1 Å². The highest BCUT2D eigenvalue weighted by molar-refractivity contribution is 7.13. The van der Waals surface area contributed by atoms with Gasteiger partial charge in [-0.3, -0.25) is 4.79 Å². The topological polar surface area (TPSA) is 67.2 Å². The van der Waals surface area contributed by atoms with Crippen LogP contribution in [0.4, 0.5) is 5.13 Å². The number of carbonyl (C=O) groups is 1. The maximum absolute atomic E-state index is 13.8. The van der Waals surface area contributed by atoms with Crippen LogP contribution in [0.25, 0.3) is 22.3 Å². The van der Waals surface area contributed by atoms with Crippen molar-refractivity contribution in [3.05, 3.63) is 59.2 Å². The molecule has 1 aliphatic rings. The number of pyridine rings is 1. The molecule has 7 nitrogen and oxygen atoms in total. The molecule has 170 valence electrons. The van der Waals surface area contributed by atoms with E-state index in [-0.39, 0.29) is 11.9 Å². The van der Waals surface area contributed by atoms with Gasteiger partial charge in [-0.2, -0.15) is 5.10 Å². The zero-order valence-electron chi connectivity index (χ0n) is 19.2. The fourth-order valence-corrected chi connectivity index (χ4v) is 5.00. The minimum atomic E-state index is 0.0417. The Bertz CT molecular complexity index is 1260. The number of anilines is 1. The second kappa shape index (κ2) is 8.94. The molecule has 0 N–H and O–H groups in total. The van der Waals surface area contributed by atoms with Crippen LogP contribution in [0.3, 0.4) is 0 Å². The first-order chi connectivity index (χ1) is 16.0. The number of aromatic nitrogens is 4. The lowest BCUT2D eigenvalue weighted by molar-refractivity contribution is 0.0769. The van der Waals surface area contributed by atoms with Crippen molar-refractivity contribution in [1.29, 1.82) is 0 Å². The summed E-state index contributed by atoms with van der Waals surface area (Å²) in [5.74, 6) is 0.0417. The van der Waals surface area contributed by atoms with Crippen molar-refractivity contribution in [2.45, 2.75) is 33.2 Å². The molecule has 1 aliphatic heterocycles. The number of amides is 1. The largest absolute Gasteiger partial charge is 0.346 e. The Labute approximate surface area is 197 Å². The lowest BCUT2D eigenvalue weighted by atomic mass is 10.0. The van der Waals surface area contributed by atoms with Gasteiger partial charge >= 0.3 is 0 Å². The summed E-state index contributed by atoms with van der Waals surface area (Å²) < 4.78 is 1.90. The number of benzene rings is 1. The number of aryl methyl sites for hydroxylation is 1. The standard InChI is InChI=1S/C25H28N6OS/c1-17(2)31-23-21(16-27-31)20(15-22(28-23)19-7-5-18(3)6-8-19)24(32)29-10-4-11-30(13-12-29)25-26-9-14-33-25/h5-9,14-17H,4,10-13H2,1-3H3. The van der Waals surface area contributed by atoms with Gasteiger partial charge in [-0.15, -0.1) is 11.3 Å². The van der Waals surface area contributed by atoms with E-state index in [1.54, 1.807) is 17.5 Å². The summed E-state index contributed by atoms with van der Waals surface area (Å²) in [6, 6.07) is 10.4. The van der Waals surface area contributed by atoms with E-state index in [2.05, 4.69) is 60.0 Å². The van der Waals surface area contributed by atoms with Crippen LogP contribution in [0, 0.1) is 6.92 Å². The van der Waals surface area contributed by atoms with Crippen molar-refractivity contribution >= 4 is 33.4 Å².